The third kappa shape index (κ3) is 1.90. The summed E-state index contributed by atoms with van der Waals surface area (Å²) in [5, 5.41) is 3.56. The number of methoxy groups -OCH3 is 1. The van der Waals surface area contributed by atoms with E-state index in [4.69, 9.17) is 4.74 Å². The molecule has 3 heteroatoms. The van der Waals surface area contributed by atoms with Gasteiger partial charge in [0.15, 0.2) is 0 Å². The highest BCUT2D eigenvalue weighted by atomic mass is 16.5. The van der Waals surface area contributed by atoms with Crippen LogP contribution in [0.25, 0.3) is 0 Å². The van der Waals surface area contributed by atoms with Gasteiger partial charge in [-0.1, -0.05) is 18.2 Å². The van der Waals surface area contributed by atoms with E-state index in [0.29, 0.717) is 6.04 Å². The Bertz CT molecular complexity index is 440. The molecular formula is C14H17NO2. The van der Waals surface area contributed by atoms with Crippen LogP contribution >= 0.6 is 0 Å². The number of nitrogens with one attached hydrogen (secondary N) is 1. The average molecular weight is 231 g/mol. The van der Waals surface area contributed by atoms with Crippen LogP contribution in [0.5, 0.6) is 0 Å². The number of carbonyl (C=O) groups excluding carboxylic acids is 1. The molecule has 1 aliphatic carbocycles. The van der Waals surface area contributed by atoms with Crippen LogP contribution in [0.15, 0.2) is 24.3 Å². The van der Waals surface area contributed by atoms with Gasteiger partial charge in [0.2, 0.25) is 0 Å². The summed E-state index contributed by atoms with van der Waals surface area (Å²) in [6.07, 6.45) is 3.44. The molecule has 0 aromatic heterocycles. The Morgan fingerprint density at radius 3 is 2.82 bits per heavy atom. The van der Waals surface area contributed by atoms with E-state index in [2.05, 4.69) is 11.4 Å². The fourth-order valence-electron chi connectivity index (χ4n) is 2.75. The molecule has 2 atom stereocenters. The van der Waals surface area contributed by atoms with Crippen LogP contribution in [0.1, 0.15) is 30.7 Å². The number of ether oxygens (including phenoxy) is 1. The van der Waals surface area contributed by atoms with Crippen molar-refractivity contribution in [1.29, 1.82) is 0 Å². The lowest BCUT2D eigenvalue weighted by Gasteiger charge is -2.32. The maximum absolute atomic E-state index is 11.9. The molecule has 2 aliphatic rings. The molecule has 0 bridgehead atoms. The predicted molar refractivity (Wildman–Crippen MR) is 66.0 cm³/mol. The summed E-state index contributed by atoms with van der Waals surface area (Å²) in [6.45, 7) is 0. The van der Waals surface area contributed by atoms with Crippen molar-refractivity contribution in [3.8, 4) is 0 Å². The number of esters is 1. The first-order valence-electron chi connectivity index (χ1n) is 6.23. The maximum atomic E-state index is 11.9. The molecule has 17 heavy (non-hydrogen) atoms. The summed E-state index contributed by atoms with van der Waals surface area (Å²) in [4.78, 5) is 11.9. The molecule has 0 amide bonds. The zero-order valence-electron chi connectivity index (χ0n) is 9.98. The second-order valence-corrected chi connectivity index (χ2v) is 4.99. The molecule has 1 fully saturated rings. The van der Waals surface area contributed by atoms with E-state index in [0.717, 1.165) is 23.6 Å². The Labute approximate surface area is 101 Å². The highest BCUT2D eigenvalue weighted by molar-refractivity contribution is 5.81. The van der Waals surface area contributed by atoms with Crippen molar-refractivity contribution in [3.05, 3.63) is 29.8 Å². The molecule has 1 aromatic rings. The van der Waals surface area contributed by atoms with E-state index in [-0.39, 0.29) is 11.9 Å². The first kappa shape index (κ1) is 10.6. The molecule has 0 spiro atoms. The van der Waals surface area contributed by atoms with Crippen molar-refractivity contribution >= 4 is 11.7 Å². The molecule has 1 saturated carbocycles. The quantitative estimate of drug-likeness (QED) is 0.795. The summed E-state index contributed by atoms with van der Waals surface area (Å²) in [7, 11) is 1.47. The third-order valence-electron chi connectivity index (χ3n) is 3.84. The summed E-state index contributed by atoms with van der Waals surface area (Å²) in [6, 6.07) is 8.50. The minimum absolute atomic E-state index is 0.0944. The van der Waals surface area contributed by atoms with Crippen molar-refractivity contribution in [3.63, 3.8) is 0 Å². The molecule has 1 N–H and O–H groups in total. The minimum Gasteiger partial charge on any atom is -0.469 e. The van der Waals surface area contributed by atoms with Crippen LogP contribution in [0.2, 0.25) is 0 Å². The van der Waals surface area contributed by atoms with Crippen molar-refractivity contribution in [1.82, 2.24) is 0 Å². The van der Waals surface area contributed by atoms with Crippen molar-refractivity contribution < 1.29 is 9.53 Å². The standard InChI is InChI=1S/C14H17NO2/c1-17-14(16)11-8-13(9-6-7-9)15-12-5-3-2-4-10(11)12/h2-5,9,11,13,15H,6-8H2,1H3. The monoisotopic (exact) mass is 231 g/mol. The lowest BCUT2D eigenvalue weighted by molar-refractivity contribution is -0.142. The molecule has 0 radical (unpaired) electrons. The number of carbonyl (C=O) groups is 1. The van der Waals surface area contributed by atoms with Crippen molar-refractivity contribution in [2.75, 3.05) is 12.4 Å². The zero-order chi connectivity index (χ0) is 11.8. The Balaban J connectivity index is 1.93. The largest absolute Gasteiger partial charge is 0.469 e. The normalized spacial score (nSPS) is 26.9. The molecule has 1 heterocycles. The first-order valence-corrected chi connectivity index (χ1v) is 6.23. The van der Waals surface area contributed by atoms with E-state index < -0.39 is 0 Å². The number of anilines is 1. The minimum atomic E-state index is -0.107. The summed E-state index contributed by atoms with van der Waals surface area (Å²) in [5.41, 5.74) is 2.18. The van der Waals surface area contributed by atoms with Crippen LogP contribution in [0.4, 0.5) is 5.69 Å². The molecular weight excluding hydrogens is 214 g/mol. The fraction of sp³-hybridized carbons (Fsp3) is 0.500. The Morgan fingerprint density at radius 2 is 2.12 bits per heavy atom. The molecule has 3 nitrogen and oxygen atoms in total. The highest BCUT2D eigenvalue weighted by Crippen LogP contribution is 2.43. The van der Waals surface area contributed by atoms with Gasteiger partial charge in [-0.3, -0.25) is 4.79 Å². The van der Waals surface area contributed by atoms with Crippen LogP contribution in [0.3, 0.4) is 0 Å². The van der Waals surface area contributed by atoms with Gasteiger partial charge in [-0.05, 0) is 36.8 Å². The highest BCUT2D eigenvalue weighted by Gasteiger charge is 2.39. The molecule has 2 unspecified atom stereocenters. The Morgan fingerprint density at radius 1 is 1.35 bits per heavy atom. The lowest BCUT2D eigenvalue weighted by atomic mass is 9.85. The molecule has 0 saturated heterocycles. The first-order chi connectivity index (χ1) is 8.29. The van der Waals surface area contributed by atoms with Crippen LogP contribution < -0.4 is 5.32 Å². The lowest BCUT2D eigenvalue weighted by Crippen LogP contribution is -2.33. The summed E-state index contributed by atoms with van der Waals surface area (Å²) >= 11 is 0. The molecule has 90 valence electrons. The van der Waals surface area contributed by atoms with Crippen LogP contribution in [0, 0.1) is 5.92 Å². The smallest absolute Gasteiger partial charge is 0.313 e. The van der Waals surface area contributed by atoms with E-state index in [1.54, 1.807) is 0 Å². The SMILES string of the molecule is COC(=O)C1CC(C2CC2)Nc2ccccc21. The molecule has 1 aliphatic heterocycles. The van der Waals surface area contributed by atoms with Crippen LogP contribution in [-0.2, 0) is 9.53 Å². The molecule has 3 rings (SSSR count). The third-order valence-corrected chi connectivity index (χ3v) is 3.84. The zero-order valence-corrected chi connectivity index (χ0v) is 9.98. The van der Waals surface area contributed by atoms with Gasteiger partial charge in [0.25, 0.3) is 0 Å². The predicted octanol–water partition coefficient (Wildman–Crippen LogP) is 2.54. The Hall–Kier alpha value is -1.51. The van der Waals surface area contributed by atoms with Gasteiger partial charge in [-0.2, -0.15) is 0 Å². The van der Waals surface area contributed by atoms with E-state index in [9.17, 15) is 4.79 Å². The number of hydrogen-bond donors (Lipinski definition) is 1. The fourth-order valence-corrected chi connectivity index (χ4v) is 2.75. The second kappa shape index (κ2) is 4.06. The number of para-hydroxylation sites is 1. The number of rotatable bonds is 2. The van der Waals surface area contributed by atoms with Crippen molar-refractivity contribution in [2.45, 2.75) is 31.2 Å². The van der Waals surface area contributed by atoms with Gasteiger partial charge in [0.1, 0.15) is 0 Å². The number of hydrogen-bond acceptors (Lipinski definition) is 3. The van der Waals surface area contributed by atoms with E-state index in [1.165, 1.54) is 20.0 Å². The van der Waals surface area contributed by atoms with Gasteiger partial charge >= 0.3 is 5.97 Å². The van der Waals surface area contributed by atoms with Crippen molar-refractivity contribution in [2.24, 2.45) is 5.92 Å². The Kier molecular flexibility index (Phi) is 2.54. The van der Waals surface area contributed by atoms with Crippen LogP contribution in [-0.4, -0.2) is 19.1 Å². The van der Waals surface area contributed by atoms with Gasteiger partial charge in [-0.25, -0.2) is 0 Å². The topological polar surface area (TPSA) is 38.3 Å². The van der Waals surface area contributed by atoms with Gasteiger partial charge in [0, 0.05) is 11.7 Å². The van der Waals surface area contributed by atoms with E-state index >= 15 is 0 Å². The summed E-state index contributed by atoms with van der Waals surface area (Å²) in [5.74, 6) is 0.545. The number of fused-ring (bicyclic) bond motifs is 1. The van der Waals surface area contributed by atoms with Gasteiger partial charge < -0.3 is 10.1 Å². The average Bonchev–Trinajstić information content (AvgIpc) is 3.21. The number of benzene rings is 1. The van der Waals surface area contributed by atoms with Gasteiger partial charge in [0.05, 0.1) is 13.0 Å². The molecule has 1 aromatic carbocycles. The van der Waals surface area contributed by atoms with E-state index in [1.807, 2.05) is 18.2 Å². The summed E-state index contributed by atoms with van der Waals surface area (Å²) < 4.78 is 4.93. The maximum Gasteiger partial charge on any atom is 0.313 e. The van der Waals surface area contributed by atoms with Gasteiger partial charge in [-0.15, -0.1) is 0 Å². The second-order valence-electron chi connectivity index (χ2n) is 4.99.